The van der Waals surface area contributed by atoms with Crippen LogP contribution in [0.3, 0.4) is 0 Å². The van der Waals surface area contributed by atoms with Crippen molar-refractivity contribution in [2.75, 3.05) is 0 Å². The monoisotopic (exact) mass is 217 g/mol. The van der Waals surface area contributed by atoms with Crippen LogP contribution in [-0.4, -0.2) is 29.0 Å². The third-order valence-corrected chi connectivity index (χ3v) is 2.34. The van der Waals surface area contributed by atoms with Gasteiger partial charge in [-0.15, -0.1) is 0 Å². The van der Waals surface area contributed by atoms with Crippen LogP contribution in [0.1, 0.15) is 16.1 Å². The van der Waals surface area contributed by atoms with Gasteiger partial charge in [-0.25, -0.2) is 9.78 Å². The lowest BCUT2D eigenvalue weighted by molar-refractivity contribution is 0.0685. The van der Waals surface area contributed by atoms with E-state index in [9.17, 15) is 13.2 Å². The Morgan fingerprint density at radius 2 is 2.07 bits per heavy atom. The van der Waals surface area contributed by atoms with Crippen molar-refractivity contribution >= 4 is 16.1 Å². The molecule has 0 unspecified atom stereocenters. The first-order chi connectivity index (χ1) is 6.32. The minimum Gasteiger partial charge on any atom is -0.476 e. The van der Waals surface area contributed by atoms with Gasteiger partial charge in [0, 0.05) is 6.20 Å². The smallest absolute Gasteiger partial charge is 0.355 e. The molecule has 0 radical (unpaired) electrons. The van der Waals surface area contributed by atoms with Gasteiger partial charge in [-0.05, 0) is 18.6 Å². The topological polar surface area (TPSA) is 105 Å². The largest absolute Gasteiger partial charge is 0.476 e. The van der Waals surface area contributed by atoms with Gasteiger partial charge in [0.2, 0.25) is 0 Å². The maximum atomic E-state index is 10.8. The number of carboxylic acids is 1. The predicted octanol–water partition coefficient (Wildman–Crippen LogP) is 0.335. The van der Waals surface area contributed by atoms with Crippen LogP contribution < -0.4 is 0 Å². The molecule has 2 N–H and O–H groups in total. The zero-order valence-corrected chi connectivity index (χ0v) is 7.95. The van der Waals surface area contributed by atoms with E-state index in [2.05, 4.69) is 4.98 Å². The molecule has 0 fully saturated rings. The first kappa shape index (κ1) is 10.6. The molecule has 1 aromatic heterocycles. The van der Waals surface area contributed by atoms with Crippen molar-refractivity contribution in [3.8, 4) is 0 Å². The van der Waals surface area contributed by atoms with Crippen LogP contribution in [0.15, 0.2) is 17.2 Å². The van der Waals surface area contributed by atoms with Gasteiger partial charge in [0.1, 0.15) is 4.90 Å². The van der Waals surface area contributed by atoms with Gasteiger partial charge in [0.25, 0.3) is 10.1 Å². The molecule has 0 amide bonds. The number of pyridine rings is 1. The van der Waals surface area contributed by atoms with Crippen molar-refractivity contribution in [2.45, 2.75) is 11.8 Å². The Balaban J connectivity index is 3.54. The molecule has 0 aromatic carbocycles. The van der Waals surface area contributed by atoms with Crippen molar-refractivity contribution in [1.29, 1.82) is 0 Å². The summed E-state index contributed by atoms with van der Waals surface area (Å²) in [6, 6.07) is 1.05. The number of hydrogen-bond donors (Lipinski definition) is 2. The highest BCUT2D eigenvalue weighted by Gasteiger charge is 2.21. The van der Waals surface area contributed by atoms with Crippen molar-refractivity contribution in [3.05, 3.63) is 23.5 Å². The molecule has 76 valence electrons. The molecule has 0 saturated carbocycles. The maximum Gasteiger partial charge on any atom is 0.355 e. The Hall–Kier alpha value is -1.47. The van der Waals surface area contributed by atoms with Crippen LogP contribution >= 0.6 is 0 Å². The highest BCUT2D eigenvalue weighted by Crippen LogP contribution is 2.14. The molecule has 1 heterocycles. The number of rotatable bonds is 2. The van der Waals surface area contributed by atoms with Crippen LogP contribution in [0.4, 0.5) is 0 Å². The molecule has 0 aliphatic heterocycles. The number of carbonyl (C=O) groups is 1. The van der Waals surface area contributed by atoms with Crippen LogP contribution in [-0.2, 0) is 10.1 Å². The molecule has 14 heavy (non-hydrogen) atoms. The summed E-state index contributed by atoms with van der Waals surface area (Å²) in [5.74, 6) is -1.50. The molecular formula is C7H7NO5S. The van der Waals surface area contributed by atoms with Crippen molar-refractivity contribution in [3.63, 3.8) is 0 Å². The zero-order chi connectivity index (χ0) is 10.9. The van der Waals surface area contributed by atoms with Gasteiger partial charge in [-0.2, -0.15) is 8.42 Å². The number of aromatic nitrogens is 1. The minimum atomic E-state index is -4.54. The first-order valence-electron chi connectivity index (χ1n) is 3.50. The van der Waals surface area contributed by atoms with E-state index < -0.39 is 26.7 Å². The Morgan fingerprint density at radius 3 is 2.50 bits per heavy atom. The fourth-order valence-corrected chi connectivity index (χ4v) is 1.62. The van der Waals surface area contributed by atoms with Crippen LogP contribution in [0.25, 0.3) is 0 Å². The standard InChI is InChI=1S/C7H7NO5S/c1-4-2-5(14(11,12)13)6(7(9)10)8-3-4/h2-3H,1H3,(H,9,10)(H,11,12,13). The molecule has 0 atom stereocenters. The molecule has 0 spiro atoms. The van der Waals surface area contributed by atoms with Gasteiger partial charge in [0.05, 0.1) is 0 Å². The minimum absolute atomic E-state index is 0.447. The Kier molecular flexibility index (Phi) is 2.54. The number of carboxylic acid groups (broad SMARTS) is 1. The number of nitrogens with zero attached hydrogens (tertiary/aromatic N) is 1. The third kappa shape index (κ3) is 2.06. The lowest BCUT2D eigenvalue weighted by Gasteiger charge is -2.02. The molecular weight excluding hydrogens is 210 g/mol. The molecule has 7 heteroatoms. The Bertz CT molecular complexity index is 479. The van der Waals surface area contributed by atoms with Crippen LogP contribution in [0, 0.1) is 6.92 Å². The lowest BCUT2D eigenvalue weighted by Crippen LogP contribution is -2.10. The molecule has 0 bridgehead atoms. The van der Waals surface area contributed by atoms with Gasteiger partial charge in [-0.1, -0.05) is 0 Å². The lowest BCUT2D eigenvalue weighted by atomic mass is 10.3. The van der Waals surface area contributed by atoms with E-state index in [0.29, 0.717) is 5.56 Å². The zero-order valence-electron chi connectivity index (χ0n) is 7.13. The first-order valence-corrected chi connectivity index (χ1v) is 4.94. The van der Waals surface area contributed by atoms with Gasteiger partial charge in [0.15, 0.2) is 5.69 Å². The fourth-order valence-electron chi connectivity index (χ4n) is 0.900. The van der Waals surface area contributed by atoms with E-state index in [1.165, 1.54) is 13.1 Å². The predicted molar refractivity (Wildman–Crippen MR) is 45.7 cm³/mol. The summed E-state index contributed by atoms with van der Waals surface area (Å²) in [5.41, 5.74) is -0.235. The SMILES string of the molecule is Cc1cnc(C(=O)O)c(S(=O)(=O)O)c1. The second-order valence-corrected chi connectivity index (χ2v) is 4.03. The summed E-state index contributed by atoms with van der Waals surface area (Å²) in [6.45, 7) is 1.54. The van der Waals surface area contributed by atoms with Crippen LogP contribution in [0.2, 0.25) is 0 Å². The van der Waals surface area contributed by atoms with Gasteiger partial charge < -0.3 is 5.11 Å². The summed E-state index contributed by atoms with van der Waals surface area (Å²) in [6.07, 6.45) is 1.21. The normalized spacial score (nSPS) is 11.3. The van der Waals surface area contributed by atoms with Gasteiger partial charge in [-0.3, -0.25) is 4.55 Å². The van der Waals surface area contributed by atoms with Crippen molar-refractivity contribution in [1.82, 2.24) is 4.98 Å². The van der Waals surface area contributed by atoms with Crippen molar-refractivity contribution in [2.24, 2.45) is 0 Å². The second kappa shape index (κ2) is 3.35. The average molecular weight is 217 g/mol. The van der Waals surface area contributed by atoms with E-state index >= 15 is 0 Å². The molecule has 0 aliphatic carbocycles. The number of hydrogen-bond acceptors (Lipinski definition) is 4. The quantitative estimate of drug-likeness (QED) is 0.692. The van der Waals surface area contributed by atoms with Crippen molar-refractivity contribution < 1.29 is 22.9 Å². The third-order valence-electron chi connectivity index (χ3n) is 1.47. The van der Waals surface area contributed by atoms with E-state index in [1.807, 2.05) is 0 Å². The Morgan fingerprint density at radius 1 is 1.50 bits per heavy atom. The molecule has 1 rings (SSSR count). The molecule has 0 aliphatic rings. The Labute approximate surface area is 80.0 Å². The fraction of sp³-hybridized carbons (Fsp3) is 0.143. The summed E-state index contributed by atoms with van der Waals surface area (Å²) >= 11 is 0. The van der Waals surface area contributed by atoms with E-state index in [4.69, 9.17) is 9.66 Å². The average Bonchev–Trinajstić information content (AvgIpc) is 2.01. The summed E-state index contributed by atoms with van der Waals surface area (Å²) < 4.78 is 30.2. The second-order valence-electron chi connectivity index (χ2n) is 2.64. The highest BCUT2D eigenvalue weighted by molar-refractivity contribution is 7.86. The molecule has 6 nitrogen and oxygen atoms in total. The molecule has 0 saturated heterocycles. The summed E-state index contributed by atoms with van der Waals surface area (Å²) in [5, 5.41) is 8.58. The maximum absolute atomic E-state index is 10.8. The van der Waals surface area contributed by atoms with E-state index in [1.54, 1.807) is 0 Å². The van der Waals surface area contributed by atoms with E-state index in [0.717, 1.165) is 6.07 Å². The van der Waals surface area contributed by atoms with Gasteiger partial charge >= 0.3 is 5.97 Å². The van der Waals surface area contributed by atoms with Crippen LogP contribution in [0.5, 0.6) is 0 Å². The summed E-state index contributed by atoms with van der Waals surface area (Å²) in [4.78, 5) is 13.3. The van der Waals surface area contributed by atoms with E-state index in [-0.39, 0.29) is 0 Å². The molecule has 1 aromatic rings. The number of aryl methyl sites for hydroxylation is 1. The number of aromatic carboxylic acids is 1. The highest BCUT2D eigenvalue weighted by atomic mass is 32.2. The summed E-state index contributed by atoms with van der Waals surface area (Å²) in [7, 11) is -4.54.